The summed E-state index contributed by atoms with van der Waals surface area (Å²) in [7, 11) is 0. The van der Waals surface area contributed by atoms with E-state index in [1.807, 2.05) is 36.4 Å². The van der Waals surface area contributed by atoms with Gasteiger partial charge in [0.15, 0.2) is 0 Å². The summed E-state index contributed by atoms with van der Waals surface area (Å²) in [4.78, 5) is 45.4. The Morgan fingerprint density at radius 1 is 1.03 bits per heavy atom. The Morgan fingerprint density at radius 2 is 1.82 bits per heavy atom. The number of halogens is 1. The number of aromatic amines is 1. The lowest BCUT2D eigenvalue weighted by Gasteiger charge is -2.24. The van der Waals surface area contributed by atoms with Gasteiger partial charge < -0.3 is 16.0 Å². The van der Waals surface area contributed by atoms with Crippen LogP contribution in [-0.4, -0.2) is 21.8 Å². The quantitative estimate of drug-likeness (QED) is 0.361. The molecule has 1 atom stereocenters. The first-order chi connectivity index (χ1) is 16.0. The molecule has 0 fully saturated rings. The molecular formula is C24H18ClN5O3. The fourth-order valence-electron chi connectivity index (χ4n) is 3.91. The SMILES string of the molecule is O=C1CC(C(=O)Nc2cccc3ccccc23)c2c(nc(Nc3cccc(Cl)c3)[nH]c2=O)N1. The average Bonchev–Trinajstić information content (AvgIpc) is 2.78. The number of aromatic nitrogens is 2. The van der Waals surface area contributed by atoms with E-state index in [-0.39, 0.29) is 23.8 Å². The molecule has 3 aromatic carbocycles. The lowest BCUT2D eigenvalue weighted by Crippen LogP contribution is -2.36. The van der Waals surface area contributed by atoms with Crippen molar-refractivity contribution < 1.29 is 9.59 Å². The summed E-state index contributed by atoms with van der Waals surface area (Å²) in [6, 6.07) is 20.1. The van der Waals surface area contributed by atoms with E-state index < -0.39 is 23.3 Å². The monoisotopic (exact) mass is 459 g/mol. The molecule has 0 saturated carbocycles. The molecule has 33 heavy (non-hydrogen) atoms. The Bertz CT molecular complexity index is 1460. The van der Waals surface area contributed by atoms with Crippen molar-refractivity contribution in [2.45, 2.75) is 12.3 Å². The van der Waals surface area contributed by atoms with Crippen LogP contribution >= 0.6 is 11.6 Å². The predicted octanol–water partition coefficient (Wildman–Crippen LogP) is 4.38. The topological polar surface area (TPSA) is 116 Å². The molecule has 2 amide bonds. The number of hydrogen-bond donors (Lipinski definition) is 4. The number of amides is 2. The normalized spacial score (nSPS) is 14.9. The number of fused-ring (bicyclic) bond motifs is 2. The molecular weight excluding hydrogens is 442 g/mol. The minimum Gasteiger partial charge on any atom is -0.326 e. The van der Waals surface area contributed by atoms with Gasteiger partial charge in [0.1, 0.15) is 5.82 Å². The van der Waals surface area contributed by atoms with Crippen LogP contribution in [0.2, 0.25) is 5.02 Å². The highest BCUT2D eigenvalue weighted by Gasteiger charge is 2.35. The number of carbonyl (C=O) groups excluding carboxylic acids is 2. The Morgan fingerprint density at radius 3 is 2.67 bits per heavy atom. The van der Waals surface area contributed by atoms with E-state index in [1.54, 1.807) is 30.3 Å². The summed E-state index contributed by atoms with van der Waals surface area (Å²) in [5, 5.41) is 10.8. The van der Waals surface area contributed by atoms with Crippen molar-refractivity contribution in [3.63, 3.8) is 0 Å². The second-order valence-corrected chi connectivity index (χ2v) is 8.07. The number of benzene rings is 3. The summed E-state index contributed by atoms with van der Waals surface area (Å²) < 4.78 is 0. The maximum Gasteiger partial charge on any atom is 0.258 e. The maximum absolute atomic E-state index is 13.2. The maximum atomic E-state index is 13.2. The predicted molar refractivity (Wildman–Crippen MR) is 128 cm³/mol. The molecule has 2 heterocycles. The number of carbonyl (C=O) groups is 2. The molecule has 5 rings (SSSR count). The molecule has 1 aliphatic heterocycles. The lowest BCUT2D eigenvalue weighted by molar-refractivity contribution is -0.123. The molecule has 4 N–H and O–H groups in total. The number of nitrogens with one attached hydrogen (secondary N) is 4. The lowest BCUT2D eigenvalue weighted by atomic mass is 9.92. The molecule has 1 unspecified atom stereocenters. The third-order valence-electron chi connectivity index (χ3n) is 5.40. The molecule has 0 bridgehead atoms. The third-order valence-corrected chi connectivity index (χ3v) is 5.64. The first-order valence-electron chi connectivity index (χ1n) is 10.2. The van der Waals surface area contributed by atoms with Crippen molar-refractivity contribution in [2.24, 2.45) is 0 Å². The van der Waals surface area contributed by atoms with E-state index >= 15 is 0 Å². The molecule has 1 aromatic heterocycles. The third kappa shape index (κ3) is 4.16. The van der Waals surface area contributed by atoms with Crippen LogP contribution in [0.5, 0.6) is 0 Å². The number of rotatable bonds is 4. The average molecular weight is 460 g/mol. The molecule has 9 heteroatoms. The summed E-state index contributed by atoms with van der Waals surface area (Å²) >= 11 is 6.00. The zero-order chi connectivity index (χ0) is 22.9. The summed E-state index contributed by atoms with van der Waals surface area (Å²) in [5.74, 6) is -1.66. The fourth-order valence-corrected chi connectivity index (χ4v) is 4.10. The molecule has 4 aromatic rings. The van der Waals surface area contributed by atoms with Crippen molar-refractivity contribution in [1.29, 1.82) is 0 Å². The van der Waals surface area contributed by atoms with Crippen LogP contribution in [0, 0.1) is 0 Å². The van der Waals surface area contributed by atoms with Crippen LogP contribution in [0.15, 0.2) is 71.5 Å². The van der Waals surface area contributed by atoms with Crippen molar-refractivity contribution in [3.05, 3.63) is 87.7 Å². The molecule has 0 aliphatic carbocycles. The minimum absolute atomic E-state index is 0.0533. The van der Waals surface area contributed by atoms with Crippen LogP contribution in [0.1, 0.15) is 17.9 Å². The van der Waals surface area contributed by atoms with Gasteiger partial charge in [-0.25, -0.2) is 0 Å². The van der Waals surface area contributed by atoms with E-state index in [4.69, 9.17) is 11.6 Å². The van der Waals surface area contributed by atoms with E-state index in [9.17, 15) is 14.4 Å². The zero-order valence-corrected chi connectivity index (χ0v) is 17.9. The summed E-state index contributed by atoms with van der Waals surface area (Å²) in [6.45, 7) is 0. The van der Waals surface area contributed by atoms with Gasteiger partial charge in [-0.3, -0.25) is 19.4 Å². The largest absolute Gasteiger partial charge is 0.326 e. The second-order valence-electron chi connectivity index (χ2n) is 7.63. The minimum atomic E-state index is -0.982. The first-order valence-corrected chi connectivity index (χ1v) is 10.6. The molecule has 0 saturated heterocycles. The Hall–Kier alpha value is -4.17. The van der Waals surface area contributed by atoms with E-state index in [0.717, 1.165) is 10.8 Å². The number of nitrogens with zero attached hydrogens (tertiary/aromatic N) is 1. The standard InChI is InChI=1S/C24H18ClN5O3/c25-14-7-4-8-15(11-14)26-24-29-21-20(23(33)30-24)17(12-19(31)28-21)22(32)27-18-10-3-6-13-5-1-2-9-16(13)18/h1-11,17H,12H2,(H,27,32)(H3,26,28,29,30,31,33). The van der Waals surface area contributed by atoms with Crippen LogP contribution in [-0.2, 0) is 9.59 Å². The highest BCUT2D eigenvalue weighted by molar-refractivity contribution is 6.30. The first kappa shape index (κ1) is 20.7. The Balaban J connectivity index is 1.47. The second kappa shape index (κ2) is 8.40. The van der Waals surface area contributed by atoms with Crippen molar-refractivity contribution >= 4 is 57.3 Å². The fraction of sp³-hybridized carbons (Fsp3) is 0.0833. The number of anilines is 4. The molecule has 8 nitrogen and oxygen atoms in total. The molecule has 164 valence electrons. The van der Waals surface area contributed by atoms with Gasteiger partial charge in [-0.1, -0.05) is 54.1 Å². The Kier molecular flexibility index (Phi) is 5.27. The van der Waals surface area contributed by atoms with Gasteiger partial charge in [-0.15, -0.1) is 0 Å². The van der Waals surface area contributed by atoms with Crippen molar-refractivity contribution in [1.82, 2.24) is 9.97 Å². The van der Waals surface area contributed by atoms with Gasteiger partial charge in [0.2, 0.25) is 17.8 Å². The van der Waals surface area contributed by atoms with Crippen LogP contribution in [0.4, 0.5) is 23.1 Å². The van der Waals surface area contributed by atoms with Gasteiger partial charge in [-0.2, -0.15) is 4.98 Å². The van der Waals surface area contributed by atoms with E-state index in [2.05, 4.69) is 25.9 Å². The van der Waals surface area contributed by atoms with Gasteiger partial charge in [0.05, 0.1) is 11.5 Å². The smallest absolute Gasteiger partial charge is 0.258 e. The highest BCUT2D eigenvalue weighted by atomic mass is 35.5. The van der Waals surface area contributed by atoms with E-state index in [0.29, 0.717) is 16.4 Å². The summed E-state index contributed by atoms with van der Waals surface area (Å²) in [6.07, 6.45) is -0.157. The van der Waals surface area contributed by atoms with Gasteiger partial charge in [0.25, 0.3) is 5.56 Å². The van der Waals surface area contributed by atoms with Gasteiger partial charge in [0, 0.05) is 28.2 Å². The van der Waals surface area contributed by atoms with Crippen molar-refractivity contribution in [2.75, 3.05) is 16.0 Å². The van der Waals surface area contributed by atoms with Crippen LogP contribution in [0.3, 0.4) is 0 Å². The number of H-pyrrole nitrogens is 1. The van der Waals surface area contributed by atoms with Gasteiger partial charge in [-0.05, 0) is 29.7 Å². The number of hydrogen-bond acceptors (Lipinski definition) is 5. The zero-order valence-electron chi connectivity index (χ0n) is 17.2. The highest BCUT2D eigenvalue weighted by Crippen LogP contribution is 2.31. The Labute approximate surface area is 193 Å². The molecule has 0 spiro atoms. The van der Waals surface area contributed by atoms with Crippen LogP contribution in [0.25, 0.3) is 10.8 Å². The van der Waals surface area contributed by atoms with E-state index in [1.165, 1.54) is 0 Å². The van der Waals surface area contributed by atoms with Crippen molar-refractivity contribution in [3.8, 4) is 0 Å². The summed E-state index contributed by atoms with van der Waals surface area (Å²) in [5.41, 5.74) is 0.818. The molecule has 0 radical (unpaired) electrons. The van der Waals surface area contributed by atoms with Gasteiger partial charge >= 0.3 is 0 Å². The molecule has 1 aliphatic rings. The van der Waals surface area contributed by atoms with Crippen LogP contribution < -0.4 is 21.5 Å².